The Morgan fingerprint density at radius 1 is 0.581 bits per heavy atom. The van der Waals surface area contributed by atoms with Crippen LogP contribution < -0.4 is 16.0 Å². The molecule has 0 atom stereocenters. The van der Waals surface area contributed by atoms with Crippen LogP contribution in [-0.2, 0) is 0 Å². The summed E-state index contributed by atoms with van der Waals surface area (Å²) in [4.78, 5) is 0. The van der Waals surface area contributed by atoms with Gasteiger partial charge in [-0.3, -0.25) is 0 Å². The third kappa shape index (κ3) is 7.00. The Kier molecular flexibility index (Phi) is 9.43. The van der Waals surface area contributed by atoms with Gasteiger partial charge in [0.15, 0.2) is 0 Å². The molecule has 0 aliphatic carbocycles. The lowest BCUT2D eigenvalue weighted by molar-refractivity contribution is 0.716. The first-order valence-electron chi connectivity index (χ1n) is 12.1. The maximum absolute atomic E-state index is 3.76. The van der Waals surface area contributed by atoms with Gasteiger partial charge in [-0.05, 0) is 66.3 Å². The van der Waals surface area contributed by atoms with Gasteiger partial charge in [0.2, 0.25) is 0 Å². The summed E-state index contributed by atoms with van der Waals surface area (Å²) in [7, 11) is 0. The molecule has 0 spiro atoms. The van der Waals surface area contributed by atoms with Crippen molar-refractivity contribution >= 4 is 11.4 Å². The van der Waals surface area contributed by atoms with Gasteiger partial charge in [-0.15, -0.1) is 0 Å². The van der Waals surface area contributed by atoms with E-state index in [1.165, 1.54) is 44.8 Å². The summed E-state index contributed by atoms with van der Waals surface area (Å²) < 4.78 is 0. The van der Waals surface area contributed by atoms with E-state index in [9.17, 15) is 0 Å². The molecule has 2 aromatic rings. The van der Waals surface area contributed by atoms with Crippen LogP contribution in [0, 0.1) is 20.8 Å². The molecule has 0 radical (unpaired) electrons. The monoisotopic (exact) mass is 423 g/mol. The topological polar surface area (TPSA) is 36.1 Å². The average molecular weight is 424 g/mol. The Labute approximate surface area is 191 Å². The molecular formula is C28H45N3. The summed E-state index contributed by atoms with van der Waals surface area (Å²) in [5, 5.41) is 10.9. The standard InChI is InChI=1S/C28H45N3/c1-18(2)24-16-25(19(3)4)28(26(17-24)20(5)6)31-13-11-29-10-12-30-27-22(8)14-21(7)15-23(27)9/h14-20,29-31H,10-13H2,1-9H3. The third-order valence-electron chi connectivity index (χ3n) is 6.02. The van der Waals surface area contributed by atoms with E-state index in [0.717, 1.165) is 26.2 Å². The van der Waals surface area contributed by atoms with Gasteiger partial charge >= 0.3 is 0 Å². The van der Waals surface area contributed by atoms with Crippen molar-refractivity contribution in [3.63, 3.8) is 0 Å². The Bertz CT molecular complexity index is 797. The molecule has 0 amide bonds. The van der Waals surface area contributed by atoms with E-state index in [2.05, 4.69) is 103 Å². The van der Waals surface area contributed by atoms with Gasteiger partial charge in [0, 0.05) is 37.6 Å². The van der Waals surface area contributed by atoms with Gasteiger partial charge in [-0.25, -0.2) is 0 Å². The summed E-state index contributed by atoms with van der Waals surface area (Å²) in [5.74, 6) is 1.58. The fraction of sp³-hybridized carbons (Fsp3) is 0.571. The molecule has 0 saturated carbocycles. The summed E-state index contributed by atoms with van der Waals surface area (Å²) in [6, 6.07) is 9.31. The first-order valence-corrected chi connectivity index (χ1v) is 12.1. The van der Waals surface area contributed by atoms with Gasteiger partial charge in [0.25, 0.3) is 0 Å². The minimum atomic E-state index is 0.511. The van der Waals surface area contributed by atoms with E-state index in [1.807, 2.05) is 0 Å². The number of rotatable bonds is 11. The molecule has 2 rings (SSSR count). The van der Waals surface area contributed by atoms with Crippen molar-refractivity contribution in [1.29, 1.82) is 0 Å². The van der Waals surface area contributed by atoms with Crippen molar-refractivity contribution in [2.24, 2.45) is 0 Å². The second-order valence-corrected chi connectivity index (χ2v) is 9.92. The van der Waals surface area contributed by atoms with Crippen molar-refractivity contribution in [3.05, 3.63) is 57.6 Å². The Morgan fingerprint density at radius 2 is 1.03 bits per heavy atom. The molecule has 3 N–H and O–H groups in total. The quantitative estimate of drug-likeness (QED) is 0.337. The molecule has 2 aromatic carbocycles. The highest BCUT2D eigenvalue weighted by Crippen LogP contribution is 2.35. The Balaban J connectivity index is 1.91. The average Bonchev–Trinajstić information content (AvgIpc) is 2.67. The number of hydrogen-bond acceptors (Lipinski definition) is 3. The number of anilines is 2. The summed E-state index contributed by atoms with van der Waals surface area (Å²) in [6.07, 6.45) is 0. The zero-order chi connectivity index (χ0) is 23.1. The molecule has 3 heteroatoms. The number of benzene rings is 2. The van der Waals surface area contributed by atoms with Crippen LogP contribution in [0.15, 0.2) is 24.3 Å². The number of nitrogens with one attached hydrogen (secondary N) is 3. The van der Waals surface area contributed by atoms with Crippen LogP contribution in [-0.4, -0.2) is 26.2 Å². The third-order valence-corrected chi connectivity index (χ3v) is 6.02. The van der Waals surface area contributed by atoms with E-state index >= 15 is 0 Å². The summed E-state index contributed by atoms with van der Waals surface area (Å²) in [5.41, 5.74) is 10.9. The molecule has 31 heavy (non-hydrogen) atoms. The number of aryl methyl sites for hydroxylation is 3. The molecule has 3 nitrogen and oxygen atoms in total. The second-order valence-electron chi connectivity index (χ2n) is 9.92. The van der Waals surface area contributed by atoms with Gasteiger partial charge < -0.3 is 16.0 Å². The molecule has 0 aliphatic rings. The molecule has 0 saturated heterocycles. The highest BCUT2D eigenvalue weighted by molar-refractivity contribution is 5.62. The maximum Gasteiger partial charge on any atom is 0.0411 e. The van der Waals surface area contributed by atoms with Gasteiger partial charge in [-0.1, -0.05) is 71.4 Å². The van der Waals surface area contributed by atoms with E-state index in [0.29, 0.717) is 17.8 Å². The molecule has 0 heterocycles. The molecule has 0 aliphatic heterocycles. The lowest BCUT2D eigenvalue weighted by Gasteiger charge is -2.24. The van der Waals surface area contributed by atoms with Crippen molar-refractivity contribution in [2.45, 2.75) is 80.1 Å². The molecule has 172 valence electrons. The van der Waals surface area contributed by atoms with Crippen LogP contribution in [0.4, 0.5) is 11.4 Å². The van der Waals surface area contributed by atoms with E-state index in [-0.39, 0.29) is 0 Å². The van der Waals surface area contributed by atoms with Crippen LogP contribution >= 0.6 is 0 Å². The van der Waals surface area contributed by atoms with Crippen LogP contribution in [0.2, 0.25) is 0 Å². The first-order chi connectivity index (χ1) is 14.6. The van der Waals surface area contributed by atoms with E-state index in [1.54, 1.807) is 0 Å². The lowest BCUT2D eigenvalue weighted by Crippen LogP contribution is -2.28. The molecular weight excluding hydrogens is 378 g/mol. The Hall–Kier alpha value is -2.00. The fourth-order valence-electron chi connectivity index (χ4n) is 4.30. The molecule has 0 unspecified atom stereocenters. The predicted octanol–water partition coefficient (Wildman–Crippen LogP) is 7.10. The predicted molar refractivity (Wildman–Crippen MR) is 139 cm³/mol. The number of hydrogen-bond donors (Lipinski definition) is 3. The minimum Gasteiger partial charge on any atom is -0.383 e. The molecule has 0 fully saturated rings. The van der Waals surface area contributed by atoms with Gasteiger partial charge in [-0.2, -0.15) is 0 Å². The van der Waals surface area contributed by atoms with Crippen molar-refractivity contribution in [2.75, 3.05) is 36.8 Å². The fourth-order valence-corrected chi connectivity index (χ4v) is 4.30. The van der Waals surface area contributed by atoms with Crippen molar-refractivity contribution < 1.29 is 0 Å². The largest absolute Gasteiger partial charge is 0.383 e. The summed E-state index contributed by atoms with van der Waals surface area (Å²) >= 11 is 0. The smallest absolute Gasteiger partial charge is 0.0411 e. The Morgan fingerprint density at radius 3 is 1.45 bits per heavy atom. The van der Waals surface area contributed by atoms with Crippen molar-refractivity contribution in [3.8, 4) is 0 Å². The summed E-state index contributed by atoms with van der Waals surface area (Å²) in [6.45, 7) is 24.1. The highest BCUT2D eigenvalue weighted by atomic mass is 15.0. The zero-order valence-electron chi connectivity index (χ0n) is 21.4. The SMILES string of the molecule is Cc1cc(C)c(NCCNCCNc2c(C(C)C)cc(C(C)C)cc2C(C)C)c(C)c1. The first kappa shape index (κ1) is 25.3. The van der Waals surface area contributed by atoms with Crippen LogP contribution in [0.5, 0.6) is 0 Å². The van der Waals surface area contributed by atoms with Crippen LogP contribution in [0.1, 0.15) is 92.7 Å². The lowest BCUT2D eigenvalue weighted by atomic mass is 9.87. The second kappa shape index (κ2) is 11.6. The minimum absolute atomic E-state index is 0.511. The maximum atomic E-state index is 3.76. The highest BCUT2D eigenvalue weighted by Gasteiger charge is 2.16. The van der Waals surface area contributed by atoms with Crippen LogP contribution in [0.3, 0.4) is 0 Å². The van der Waals surface area contributed by atoms with E-state index in [4.69, 9.17) is 0 Å². The molecule has 0 bridgehead atoms. The van der Waals surface area contributed by atoms with E-state index < -0.39 is 0 Å². The van der Waals surface area contributed by atoms with Gasteiger partial charge in [0.05, 0.1) is 0 Å². The van der Waals surface area contributed by atoms with Crippen molar-refractivity contribution in [1.82, 2.24) is 5.32 Å². The molecule has 0 aromatic heterocycles. The van der Waals surface area contributed by atoms with Crippen LogP contribution in [0.25, 0.3) is 0 Å². The normalized spacial score (nSPS) is 11.6. The van der Waals surface area contributed by atoms with Gasteiger partial charge in [0.1, 0.15) is 0 Å². The zero-order valence-corrected chi connectivity index (χ0v) is 21.4.